The van der Waals surface area contributed by atoms with E-state index in [1.807, 2.05) is 13.8 Å². The van der Waals surface area contributed by atoms with E-state index in [1.165, 1.54) is 0 Å². The minimum absolute atomic E-state index is 0.105. The number of carbonyl (C=O) groups is 2. The van der Waals surface area contributed by atoms with Crippen molar-refractivity contribution in [2.75, 3.05) is 6.61 Å². The molecule has 7 heteroatoms. The van der Waals surface area contributed by atoms with E-state index in [0.717, 1.165) is 6.42 Å². The van der Waals surface area contributed by atoms with Crippen LogP contribution in [0.2, 0.25) is 0 Å². The Morgan fingerprint density at radius 1 is 1.71 bits per heavy atom. The summed E-state index contributed by atoms with van der Waals surface area (Å²) in [6.45, 7) is 4.11. The molecule has 3 rings (SSSR count). The van der Waals surface area contributed by atoms with Crippen molar-refractivity contribution in [1.82, 2.24) is 7.06 Å². The van der Waals surface area contributed by atoms with Crippen LogP contribution >= 0.6 is 20.4 Å². The molecule has 2 N–H and O–H groups in total. The number of esters is 2. The third-order valence-corrected chi connectivity index (χ3v) is 8.64. The van der Waals surface area contributed by atoms with Crippen LogP contribution in [-0.4, -0.2) is 28.3 Å². The Balaban J connectivity index is 1.66. The molecule has 3 fully saturated rings. The van der Waals surface area contributed by atoms with Gasteiger partial charge in [-0.2, -0.15) is 0 Å². The number of ether oxygens (including phenoxy) is 2. The summed E-state index contributed by atoms with van der Waals surface area (Å²) < 4.78 is 16.8. The first-order valence-electron chi connectivity index (χ1n) is 5.64. The summed E-state index contributed by atoms with van der Waals surface area (Å²) in [5, 5.41) is 0. The van der Waals surface area contributed by atoms with Gasteiger partial charge < -0.3 is 0 Å². The number of cyclic esters (lactones) is 1. The fourth-order valence-corrected chi connectivity index (χ4v) is 7.65. The molecule has 17 heavy (non-hydrogen) atoms. The molecule has 0 saturated carbocycles. The number of carbonyl (C=O) groups excluding carboxylic acids is 2. The van der Waals surface area contributed by atoms with E-state index in [1.54, 1.807) is 0 Å². The Kier molecular flexibility index (Phi) is 2.43. The van der Waals surface area contributed by atoms with E-state index in [2.05, 4.69) is 7.06 Å². The number of hydrogen-bond acceptors (Lipinski definition) is 6. The molecule has 0 amide bonds. The second-order valence-electron chi connectivity index (χ2n) is 4.73. The van der Waals surface area contributed by atoms with Gasteiger partial charge >= 0.3 is 107 Å². The van der Waals surface area contributed by atoms with Gasteiger partial charge in [-0.3, -0.25) is 0 Å². The van der Waals surface area contributed by atoms with Crippen LogP contribution in [0.5, 0.6) is 0 Å². The molecule has 96 valence electrons. The van der Waals surface area contributed by atoms with Gasteiger partial charge in [0, 0.05) is 0 Å². The zero-order valence-electron chi connectivity index (χ0n) is 9.71. The average Bonchev–Trinajstić information content (AvgIpc) is 3.10. The van der Waals surface area contributed by atoms with Gasteiger partial charge in [-0.25, -0.2) is 0 Å². The SMILES string of the molecule is CCC(C)(C(=O)OC1COC(=O)C1)C12NI1N2. The summed E-state index contributed by atoms with van der Waals surface area (Å²) in [5.74, 6) is -0.512. The van der Waals surface area contributed by atoms with Gasteiger partial charge in [0.05, 0.1) is 0 Å². The summed E-state index contributed by atoms with van der Waals surface area (Å²) in [4.78, 5) is 23.2. The summed E-state index contributed by atoms with van der Waals surface area (Å²) in [5.41, 5.74) is -0.510. The Bertz CT molecular complexity index is 396. The van der Waals surface area contributed by atoms with Crippen LogP contribution in [0.15, 0.2) is 0 Å². The summed E-state index contributed by atoms with van der Waals surface area (Å²) in [6.07, 6.45) is 0.500. The van der Waals surface area contributed by atoms with Crippen molar-refractivity contribution in [2.24, 2.45) is 5.41 Å². The topological polar surface area (TPSA) is 96.5 Å². The van der Waals surface area contributed by atoms with E-state index < -0.39 is 31.9 Å². The molecule has 0 aromatic heterocycles. The van der Waals surface area contributed by atoms with Gasteiger partial charge in [-0.1, -0.05) is 0 Å². The predicted octanol–water partition coefficient (Wildman–Crippen LogP) is 0.458. The fraction of sp³-hybridized carbons (Fsp3) is 0.800. The maximum absolute atomic E-state index is 12.2. The number of alkyl halides is 1. The molecule has 0 aromatic carbocycles. The number of rotatable bonds is 4. The second kappa shape index (κ2) is 3.55. The molecule has 0 bridgehead atoms. The van der Waals surface area contributed by atoms with E-state index >= 15 is 0 Å². The van der Waals surface area contributed by atoms with Crippen molar-refractivity contribution >= 4 is 32.3 Å². The molecule has 0 aromatic rings. The van der Waals surface area contributed by atoms with Gasteiger partial charge in [0.25, 0.3) is 0 Å². The van der Waals surface area contributed by atoms with Gasteiger partial charge in [0.15, 0.2) is 0 Å². The third kappa shape index (κ3) is 1.59. The number of nitrogens with one attached hydrogen (secondary N) is 2. The summed E-state index contributed by atoms with van der Waals surface area (Å²) in [6, 6.07) is 0. The first-order valence-corrected chi connectivity index (χ1v) is 8.87. The van der Waals surface area contributed by atoms with E-state index in [9.17, 15) is 9.59 Å². The van der Waals surface area contributed by atoms with E-state index in [-0.39, 0.29) is 28.6 Å². The quantitative estimate of drug-likeness (QED) is 0.190. The van der Waals surface area contributed by atoms with Crippen LogP contribution in [0.3, 0.4) is 0 Å². The van der Waals surface area contributed by atoms with Crippen molar-refractivity contribution in [3.8, 4) is 0 Å². The Morgan fingerprint density at radius 2 is 2.35 bits per heavy atom. The van der Waals surface area contributed by atoms with E-state index in [0.29, 0.717) is 0 Å². The molecule has 2 unspecified atom stereocenters. The number of hydrogen-bond donors (Lipinski definition) is 2. The van der Waals surface area contributed by atoms with Crippen molar-refractivity contribution < 1.29 is 19.1 Å². The van der Waals surface area contributed by atoms with Crippen LogP contribution in [-0.2, 0) is 19.1 Å². The monoisotopic (exact) mass is 354 g/mol. The molecule has 3 heterocycles. The van der Waals surface area contributed by atoms with Crippen molar-refractivity contribution in [3.05, 3.63) is 0 Å². The average molecular weight is 354 g/mol. The van der Waals surface area contributed by atoms with Gasteiger partial charge in [-0.15, -0.1) is 0 Å². The summed E-state index contributed by atoms with van der Waals surface area (Å²) in [7, 11) is 0. The second-order valence-corrected chi connectivity index (χ2v) is 9.05. The molecule has 3 aliphatic heterocycles. The number of fused-ring (bicyclic) bond motifs is 1. The molecule has 3 aliphatic rings. The molecule has 3 saturated heterocycles. The molecule has 6 nitrogen and oxygen atoms in total. The van der Waals surface area contributed by atoms with E-state index in [4.69, 9.17) is 9.47 Å². The molecular formula is C10H15IN2O4. The first-order chi connectivity index (χ1) is 8.02. The molecule has 0 spiro atoms. The van der Waals surface area contributed by atoms with Crippen molar-refractivity contribution in [2.45, 2.75) is 36.5 Å². The van der Waals surface area contributed by atoms with Crippen LogP contribution in [0.4, 0.5) is 0 Å². The maximum atomic E-state index is 12.2. The van der Waals surface area contributed by atoms with Gasteiger partial charge in [-0.05, 0) is 0 Å². The zero-order valence-corrected chi connectivity index (χ0v) is 11.9. The molecule has 0 radical (unpaired) electrons. The Hall–Kier alpha value is -0.410. The molecule has 2 atom stereocenters. The van der Waals surface area contributed by atoms with Crippen LogP contribution in [0, 0.1) is 5.41 Å². The van der Waals surface area contributed by atoms with Crippen LogP contribution in [0.1, 0.15) is 26.7 Å². The van der Waals surface area contributed by atoms with Crippen LogP contribution < -0.4 is 7.06 Å². The standard InChI is InChI=1S/C10H15IN2O4/c1-3-9(2,10-11(12-10)13-10)8(15)17-6-4-7(14)16-5-6/h6,12-13H,3-5H2,1-2H3. The third-order valence-electron chi connectivity index (χ3n) is 3.68. The van der Waals surface area contributed by atoms with Crippen molar-refractivity contribution in [1.29, 1.82) is 0 Å². The summed E-state index contributed by atoms with van der Waals surface area (Å²) >= 11 is -1.18. The molecular weight excluding hydrogens is 339 g/mol. The van der Waals surface area contributed by atoms with Crippen molar-refractivity contribution in [3.63, 3.8) is 0 Å². The van der Waals surface area contributed by atoms with Crippen LogP contribution in [0.25, 0.3) is 0 Å². The van der Waals surface area contributed by atoms with Gasteiger partial charge in [0.1, 0.15) is 0 Å². The zero-order chi connectivity index (χ0) is 12.3. The number of halogens is 1. The predicted molar refractivity (Wildman–Crippen MR) is 66.9 cm³/mol. The minimum atomic E-state index is -1.18. The first kappa shape index (κ1) is 11.7. The normalized spacial score (nSPS) is 33.4. The Labute approximate surface area is 107 Å². The Morgan fingerprint density at radius 3 is 2.76 bits per heavy atom. The fourth-order valence-electron chi connectivity index (χ4n) is 2.02. The van der Waals surface area contributed by atoms with Gasteiger partial charge in [0.2, 0.25) is 0 Å². The molecule has 0 aliphatic carbocycles.